The molecule has 8 heteroatoms. The van der Waals surface area contributed by atoms with Crippen LogP contribution in [0.25, 0.3) is 10.9 Å². The van der Waals surface area contributed by atoms with Crippen LogP contribution in [0.15, 0.2) is 35.9 Å². The molecule has 0 unspecified atom stereocenters. The van der Waals surface area contributed by atoms with E-state index in [1.165, 1.54) is 18.8 Å². The molecule has 1 aromatic carbocycles. The molecule has 4 atom stereocenters. The van der Waals surface area contributed by atoms with Crippen LogP contribution in [-0.2, 0) is 30.9 Å². The maximum atomic E-state index is 13.6. The maximum absolute atomic E-state index is 13.6. The van der Waals surface area contributed by atoms with Crippen molar-refractivity contribution >= 4 is 28.9 Å². The van der Waals surface area contributed by atoms with Crippen LogP contribution in [0.5, 0.6) is 0 Å². The Morgan fingerprint density at radius 2 is 1.97 bits per heavy atom. The van der Waals surface area contributed by atoms with Crippen molar-refractivity contribution < 1.29 is 29.0 Å². The van der Waals surface area contributed by atoms with Gasteiger partial charge in [-0.1, -0.05) is 24.3 Å². The molecule has 4 heterocycles. The summed E-state index contributed by atoms with van der Waals surface area (Å²) in [6.07, 6.45) is 0.969. The van der Waals surface area contributed by atoms with Gasteiger partial charge < -0.3 is 19.5 Å². The van der Waals surface area contributed by atoms with Crippen molar-refractivity contribution in [3.63, 3.8) is 0 Å². The first kappa shape index (κ1) is 19.8. The van der Waals surface area contributed by atoms with E-state index in [-0.39, 0.29) is 12.3 Å². The molecule has 0 saturated carbocycles. The number of carbonyl (C=O) groups is 3. The van der Waals surface area contributed by atoms with E-state index in [9.17, 15) is 19.5 Å². The molecule has 162 valence electrons. The lowest BCUT2D eigenvalue weighted by Gasteiger charge is -2.53. The minimum atomic E-state index is -1.33. The van der Waals surface area contributed by atoms with Gasteiger partial charge in [-0.15, -0.1) is 0 Å². The Labute approximate surface area is 179 Å². The number of rotatable bonds is 2. The van der Waals surface area contributed by atoms with E-state index < -0.39 is 35.5 Å². The number of amides is 1. The number of aliphatic hydroxyl groups is 1. The summed E-state index contributed by atoms with van der Waals surface area (Å²) in [4.78, 5) is 41.4. The zero-order valence-corrected chi connectivity index (χ0v) is 17.6. The largest absolute Gasteiger partial charge is 0.468 e. The number of aliphatic hydroxyl groups excluding tert-OH is 1. The Morgan fingerprint density at radius 1 is 1.23 bits per heavy atom. The number of hydrogen-bond acceptors (Lipinski definition) is 6. The minimum Gasteiger partial charge on any atom is -0.468 e. The third-order valence-corrected chi connectivity index (χ3v) is 7.02. The van der Waals surface area contributed by atoms with E-state index in [1.807, 2.05) is 24.3 Å². The van der Waals surface area contributed by atoms with Crippen molar-refractivity contribution in [1.82, 2.24) is 9.47 Å². The van der Waals surface area contributed by atoms with Crippen LogP contribution in [0.4, 0.5) is 4.79 Å². The number of aromatic nitrogens is 1. The summed E-state index contributed by atoms with van der Waals surface area (Å²) in [6, 6.07) is 6.71. The van der Waals surface area contributed by atoms with Crippen molar-refractivity contribution in [2.45, 2.75) is 37.3 Å². The molecule has 8 nitrogen and oxygen atoms in total. The van der Waals surface area contributed by atoms with Gasteiger partial charge in [0.2, 0.25) is 5.91 Å². The number of nitrogens with zero attached hydrogens (tertiary/aromatic N) is 2. The lowest BCUT2D eigenvalue weighted by Crippen LogP contribution is -2.67. The fourth-order valence-electron chi connectivity index (χ4n) is 5.92. The molecule has 1 N–H and O–H groups in total. The monoisotopic (exact) mass is 424 g/mol. The Kier molecular flexibility index (Phi) is 4.27. The molecular formula is C23H24N2O6. The lowest BCUT2D eigenvalue weighted by atomic mass is 9.60. The molecule has 1 aliphatic carbocycles. The van der Waals surface area contributed by atoms with Gasteiger partial charge in [-0.05, 0) is 37.0 Å². The molecule has 1 fully saturated rings. The van der Waals surface area contributed by atoms with Crippen LogP contribution >= 0.6 is 0 Å². The number of hydrogen-bond donors (Lipinski definition) is 1. The van der Waals surface area contributed by atoms with Crippen molar-refractivity contribution in [2.75, 3.05) is 20.8 Å². The van der Waals surface area contributed by atoms with Gasteiger partial charge in [0, 0.05) is 11.9 Å². The number of carbonyl (C=O) groups excluding carboxylic acids is 3. The van der Waals surface area contributed by atoms with Crippen LogP contribution in [0.2, 0.25) is 0 Å². The van der Waals surface area contributed by atoms with Crippen LogP contribution in [0.3, 0.4) is 0 Å². The van der Waals surface area contributed by atoms with Crippen molar-refractivity contribution in [3.05, 3.63) is 47.2 Å². The summed E-state index contributed by atoms with van der Waals surface area (Å²) in [5.41, 5.74) is 1.26. The predicted molar refractivity (Wildman–Crippen MR) is 111 cm³/mol. The predicted octanol–water partition coefficient (Wildman–Crippen LogP) is 1.76. The first-order chi connectivity index (χ1) is 14.9. The molecule has 0 radical (unpaired) electrons. The highest BCUT2D eigenvalue weighted by Crippen LogP contribution is 2.54. The Bertz CT molecular complexity index is 1160. The number of methoxy groups -OCH3 is 2. The number of ether oxygens (including phenoxy) is 2. The van der Waals surface area contributed by atoms with E-state index in [4.69, 9.17) is 9.47 Å². The number of esters is 1. The third kappa shape index (κ3) is 2.36. The van der Waals surface area contributed by atoms with E-state index >= 15 is 0 Å². The molecule has 1 saturated heterocycles. The van der Waals surface area contributed by atoms with E-state index in [0.29, 0.717) is 29.7 Å². The second-order valence-corrected chi connectivity index (χ2v) is 8.45. The average molecular weight is 424 g/mol. The maximum Gasteiger partial charge on any atom is 0.418 e. The summed E-state index contributed by atoms with van der Waals surface area (Å²) in [5, 5.41) is 11.4. The van der Waals surface area contributed by atoms with Crippen LogP contribution < -0.4 is 0 Å². The fourth-order valence-corrected chi connectivity index (χ4v) is 5.92. The van der Waals surface area contributed by atoms with Crippen LogP contribution in [0.1, 0.15) is 24.6 Å². The lowest BCUT2D eigenvalue weighted by molar-refractivity contribution is -0.160. The molecule has 1 aromatic heterocycles. The summed E-state index contributed by atoms with van der Waals surface area (Å²) in [6.45, 7) is 2.01. The van der Waals surface area contributed by atoms with Crippen LogP contribution in [-0.4, -0.2) is 65.5 Å². The molecule has 4 bridgehead atoms. The number of piperidine rings is 1. The van der Waals surface area contributed by atoms with Crippen molar-refractivity contribution in [1.29, 1.82) is 0 Å². The molecule has 4 aliphatic rings. The Morgan fingerprint density at radius 3 is 2.65 bits per heavy atom. The van der Waals surface area contributed by atoms with Gasteiger partial charge in [-0.2, -0.15) is 0 Å². The zero-order chi connectivity index (χ0) is 22.1. The highest BCUT2D eigenvalue weighted by molar-refractivity contribution is 6.00. The SMILES string of the molecule is COC(=O)n1c2c(c3ccccc31)CCN1C(=O)[C@H]3C=C([C@@H](C)O)[C@@H]1[C@]2(C(=O)OC)C3. The quantitative estimate of drug-likeness (QED) is 0.583. The fraction of sp³-hybridized carbons (Fsp3) is 0.435. The zero-order valence-electron chi connectivity index (χ0n) is 17.6. The number of fused-ring (bicyclic) bond motifs is 3. The highest BCUT2D eigenvalue weighted by atomic mass is 16.5. The van der Waals surface area contributed by atoms with Crippen molar-refractivity contribution in [2.24, 2.45) is 5.92 Å². The molecule has 2 aromatic rings. The van der Waals surface area contributed by atoms with Gasteiger partial charge in [-0.25, -0.2) is 9.36 Å². The van der Waals surface area contributed by atoms with E-state index in [0.717, 1.165) is 10.9 Å². The molecular weight excluding hydrogens is 400 g/mol. The Balaban J connectivity index is 1.93. The molecule has 0 spiro atoms. The van der Waals surface area contributed by atoms with E-state index in [1.54, 1.807) is 17.9 Å². The number of para-hydroxylation sites is 1. The van der Waals surface area contributed by atoms with Gasteiger partial charge in [0.15, 0.2) is 0 Å². The first-order valence-electron chi connectivity index (χ1n) is 10.4. The molecule has 1 amide bonds. The van der Waals surface area contributed by atoms with Gasteiger partial charge in [0.05, 0.1) is 43.5 Å². The molecule has 3 aliphatic heterocycles. The highest BCUT2D eigenvalue weighted by Gasteiger charge is 2.65. The van der Waals surface area contributed by atoms with E-state index in [2.05, 4.69) is 0 Å². The number of benzene rings is 1. The second kappa shape index (κ2) is 6.68. The van der Waals surface area contributed by atoms with Gasteiger partial charge >= 0.3 is 12.1 Å². The third-order valence-electron chi connectivity index (χ3n) is 7.02. The molecule has 31 heavy (non-hydrogen) atoms. The standard InChI is InChI=1S/C23H24N2O6/c1-12(26)16-10-13-11-23(21(28)30-2)18(16)24(20(13)27)9-8-15-14-6-4-5-7-17(14)25(19(15)23)22(29)31-3/h4-7,10,12-13,18,26H,8-9,11H2,1-3H3/t12-,13+,18-,23-/m1/s1. The summed E-state index contributed by atoms with van der Waals surface area (Å²) in [7, 11) is 2.61. The average Bonchev–Trinajstić information content (AvgIpc) is 3.05. The summed E-state index contributed by atoms with van der Waals surface area (Å²) < 4.78 is 11.9. The van der Waals surface area contributed by atoms with Crippen LogP contribution in [0, 0.1) is 5.92 Å². The van der Waals surface area contributed by atoms with Gasteiger partial charge in [-0.3, -0.25) is 9.59 Å². The second-order valence-electron chi connectivity index (χ2n) is 8.45. The minimum absolute atomic E-state index is 0.0620. The van der Waals surface area contributed by atoms with Gasteiger partial charge in [0.25, 0.3) is 0 Å². The smallest absolute Gasteiger partial charge is 0.418 e. The van der Waals surface area contributed by atoms with Crippen molar-refractivity contribution in [3.8, 4) is 0 Å². The topological polar surface area (TPSA) is 98.1 Å². The van der Waals surface area contributed by atoms with Gasteiger partial charge in [0.1, 0.15) is 5.41 Å². The summed E-state index contributed by atoms with van der Waals surface area (Å²) >= 11 is 0. The normalized spacial score (nSPS) is 27.4. The Hall–Kier alpha value is -3.13. The molecule has 6 rings (SSSR count). The summed E-state index contributed by atoms with van der Waals surface area (Å²) in [5.74, 6) is -1.17. The first-order valence-corrected chi connectivity index (χ1v) is 10.4.